The predicted molar refractivity (Wildman–Crippen MR) is 61.1 cm³/mol. The molecule has 1 saturated heterocycles. The van der Waals surface area contributed by atoms with Crippen molar-refractivity contribution >= 4 is 5.78 Å². The second-order valence-electron chi connectivity index (χ2n) is 5.22. The summed E-state index contributed by atoms with van der Waals surface area (Å²) in [6.07, 6.45) is 7.14. The maximum Gasteiger partial charge on any atom is 0.165 e. The van der Waals surface area contributed by atoms with Gasteiger partial charge in [0, 0.05) is 19.3 Å². The monoisotopic (exact) mass is 226 g/mol. The minimum absolute atomic E-state index is 0.349. The van der Waals surface area contributed by atoms with Crippen molar-refractivity contribution in [1.82, 2.24) is 0 Å². The van der Waals surface area contributed by atoms with E-state index >= 15 is 0 Å². The Morgan fingerprint density at radius 2 is 2.12 bits per heavy atom. The van der Waals surface area contributed by atoms with Gasteiger partial charge in [0.25, 0.3) is 0 Å². The number of carbonyl (C=O) groups excluding carboxylic acids is 1. The van der Waals surface area contributed by atoms with Gasteiger partial charge in [-0.3, -0.25) is 4.79 Å². The molecule has 0 aromatic rings. The van der Waals surface area contributed by atoms with Gasteiger partial charge in [-0.05, 0) is 38.5 Å². The van der Waals surface area contributed by atoms with Gasteiger partial charge in [-0.25, -0.2) is 0 Å². The molecule has 0 radical (unpaired) electrons. The smallest absolute Gasteiger partial charge is 0.165 e. The van der Waals surface area contributed by atoms with Crippen molar-refractivity contribution < 1.29 is 14.3 Å². The molecule has 3 nitrogen and oxygen atoms in total. The Bertz CT molecular complexity index is 244. The lowest BCUT2D eigenvalue weighted by molar-refractivity contribution is -0.148. The molecule has 3 heteroatoms. The SMILES string of the molecule is CC1(CCCC2CCCC(=O)C2)OCCO1. The van der Waals surface area contributed by atoms with E-state index in [-0.39, 0.29) is 5.79 Å². The summed E-state index contributed by atoms with van der Waals surface area (Å²) in [6.45, 7) is 3.46. The highest BCUT2D eigenvalue weighted by molar-refractivity contribution is 5.79. The van der Waals surface area contributed by atoms with Crippen LogP contribution in [0.4, 0.5) is 0 Å². The topological polar surface area (TPSA) is 35.5 Å². The van der Waals surface area contributed by atoms with Crippen LogP contribution in [-0.4, -0.2) is 24.8 Å². The Morgan fingerprint density at radius 1 is 1.38 bits per heavy atom. The van der Waals surface area contributed by atoms with Crippen molar-refractivity contribution in [1.29, 1.82) is 0 Å². The van der Waals surface area contributed by atoms with E-state index < -0.39 is 0 Å². The molecule has 0 aromatic carbocycles. The number of hydrogen-bond acceptors (Lipinski definition) is 3. The van der Waals surface area contributed by atoms with E-state index in [1.165, 1.54) is 6.42 Å². The van der Waals surface area contributed by atoms with Crippen molar-refractivity contribution in [2.24, 2.45) is 5.92 Å². The molecule has 0 bridgehead atoms. The molecule has 16 heavy (non-hydrogen) atoms. The lowest BCUT2D eigenvalue weighted by Gasteiger charge is -2.25. The Kier molecular flexibility index (Phi) is 3.98. The highest BCUT2D eigenvalue weighted by atomic mass is 16.7. The van der Waals surface area contributed by atoms with Crippen LogP contribution in [0.5, 0.6) is 0 Å². The molecule has 1 saturated carbocycles. The summed E-state index contributed by atoms with van der Waals surface area (Å²) < 4.78 is 11.1. The molecule has 1 aliphatic carbocycles. The van der Waals surface area contributed by atoms with Crippen LogP contribution in [-0.2, 0) is 14.3 Å². The molecule has 0 N–H and O–H groups in total. The quantitative estimate of drug-likeness (QED) is 0.739. The summed E-state index contributed by atoms with van der Waals surface area (Å²) in [5.74, 6) is 0.723. The third-order valence-corrected chi connectivity index (χ3v) is 3.73. The number of carbonyl (C=O) groups is 1. The number of Topliss-reactive ketones (excluding diaryl/α,β-unsaturated/α-hetero) is 1. The summed E-state index contributed by atoms with van der Waals surface area (Å²) >= 11 is 0. The molecule has 92 valence electrons. The van der Waals surface area contributed by atoms with Gasteiger partial charge in [0.05, 0.1) is 13.2 Å². The second kappa shape index (κ2) is 5.28. The average Bonchev–Trinajstić information content (AvgIpc) is 2.65. The van der Waals surface area contributed by atoms with Crippen LogP contribution < -0.4 is 0 Å². The Hall–Kier alpha value is -0.410. The highest BCUT2D eigenvalue weighted by Crippen LogP contribution is 2.29. The van der Waals surface area contributed by atoms with Gasteiger partial charge in [-0.1, -0.05) is 0 Å². The summed E-state index contributed by atoms with van der Waals surface area (Å²) in [4.78, 5) is 11.3. The Labute approximate surface area is 97.5 Å². The van der Waals surface area contributed by atoms with Crippen LogP contribution in [0, 0.1) is 5.92 Å². The number of ketones is 1. The van der Waals surface area contributed by atoms with Gasteiger partial charge in [-0.2, -0.15) is 0 Å². The molecule has 1 aliphatic heterocycles. The minimum atomic E-state index is -0.349. The van der Waals surface area contributed by atoms with Crippen LogP contribution in [0.1, 0.15) is 51.9 Å². The third kappa shape index (κ3) is 3.29. The zero-order valence-electron chi connectivity index (χ0n) is 10.2. The van der Waals surface area contributed by atoms with Crippen molar-refractivity contribution in [3.8, 4) is 0 Å². The molecule has 1 heterocycles. The van der Waals surface area contributed by atoms with E-state index in [0.717, 1.165) is 51.7 Å². The lowest BCUT2D eigenvalue weighted by Crippen LogP contribution is -2.25. The molecule has 0 amide bonds. The molecule has 1 atom stereocenters. The van der Waals surface area contributed by atoms with Crippen LogP contribution in [0.2, 0.25) is 0 Å². The largest absolute Gasteiger partial charge is 0.348 e. The molecule has 0 spiro atoms. The van der Waals surface area contributed by atoms with Gasteiger partial charge in [0.1, 0.15) is 5.78 Å². The second-order valence-corrected chi connectivity index (χ2v) is 5.22. The number of hydrogen-bond donors (Lipinski definition) is 0. The van der Waals surface area contributed by atoms with Gasteiger partial charge < -0.3 is 9.47 Å². The predicted octanol–water partition coefficient (Wildman–Crippen LogP) is 2.68. The van der Waals surface area contributed by atoms with Crippen molar-refractivity contribution in [2.45, 2.75) is 57.7 Å². The summed E-state index contributed by atoms with van der Waals surface area (Å²) in [6, 6.07) is 0. The first kappa shape index (κ1) is 12.1. The standard InChI is InChI=1S/C13H22O3/c1-13(15-8-9-16-13)7-3-5-11-4-2-6-12(14)10-11/h11H,2-10H2,1H3. The van der Waals surface area contributed by atoms with E-state index in [1.807, 2.05) is 6.92 Å². The number of ether oxygens (including phenoxy) is 2. The number of rotatable bonds is 4. The van der Waals surface area contributed by atoms with Crippen molar-refractivity contribution in [3.63, 3.8) is 0 Å². The third-order valence-electron chi connectivity index (χ3n) is 3.73. The van der Waals surface area contributed by atoms with Crippen LogP contribution in [0.3, 0.4) is 0 Å². The molecule has 2 rings (SSSR count). The fourth-order valence-corrected chi connectivity index (χ4v) is 2.77. The molecule has 2 aliphatic rings. The van der Waals surface area contributed by atoms with Crippen LogP contribution in [0.15, 0.2) is 0 Å². The van der Waals surface area contributed by atoms with Crippen molar-refractivity contribution in [3.05, 3.63) is 0 Å². The van der Waals surface area contributed by atoms with E-state index in [9.17, 15) is 4.79 Å². The maximum absolute atomic E-state index is 11.3. The van der Waals surface area contributed by atoms with E-state index in [2.05, 4.69) is 0 Å². The Balaban J connectivity index is 1.65. The minimum Gasteiger partial charge on any atom is -0.348 e. The van der Waals surface area contributed by atoms with Crippen molar-refractivity contribution in [2.75, 3.05) is 13.2 Å². The first-order valence-electron chi connectivity index (χ1n) is 6.48. The van der Waals surface area contributed by atoms with Gasteiger partial charge in [0.15, 0.2) is 5.79 Å². The van der Waals surface area contributed by atoms with E-state index in [1.54, 1.807) is 0 Å². The summed E-state index contributed by atoms with van der Waals surface area (Å²) in [5, 5.41) is 0. The summed E-state index contributed by atoms with van der Waals surface area (Å²) in [5.41, 5.74) is 0. The lowest BCUT2D eigenvalue weighted by atomic mass is 9.84. The average molecular weight is 226 g/mol. The van der Waals surface area contributed by atoms with Crippen LogP contribution >= 0.6 is 0 Å². The van der Waals surface area contributed by atoms with E-state index in [4.69, 9.17) is 9.47 Å². The van der Waals surface area contributed by atoms with E-state index in [0.29, 0.717) is 11.7 Å². The molecular formula is C13H22O3. The fraction of sp³-hybridized carbons (Fsp3) is 0.923. The fourth-order valence-electron chi connectivity index (χ4n) is 2.77. The van der Waals surface area contributed by atoms with Crippen LogP contribution in [0.25, 0.3) is 0 Å². The summed E-state index contributed by atoms with van der Waals surface area (Å²) in [7, 11) is 0. The molecule has 1 unspecified atom stereocenters. The molecular weight excluding hydrogens is 204 g/mol. The van der Waals surface area contributed by atoms with Gasteiger partial charge in [0.2, 0.25) is 0 Å². The maximum atomic E-state index is 11.3. The Morgan fingerprint density at radius 3 is 2.81 bits per heavy atom. The van der Waals surface area contributed by atoms with Gasteiger partial charge in [-0.15, -0.1) is 0 Å². The zero-order chi connectivity index (χ0) is 11.4. The first-order valence-corrected chi connectivity index (χ1v) is 6.48. The first-order chi connectivity index (χ1) is 7.68. The normalized spacial score (nSPS) is 29.6. The highest BCUT2D eigenvalue weighted by Gasteiger charge is 2.30. The van der Waals surface area contributed by atoms with Gasteiger partial charge >= 0.3 is 0 Å². The zero-order valence-corrected chi connectivity index (χ0v) is 10.2. The molecule has 2 fully saturated rings. The molecule has 0 aromatic heterocycles.